The number of benzene rings is 3. The van der Waals surface area contributed by atoms with Gasteiger partial charge in [-0.3, -0.25) is 24.2 Å². The van der Waals surface area contributed by atoms with Crippen LogP contribution in [0.2, 0.25) is 0 Å². The fraction of sp³-hybridized carbons (Fsp3) is 0.219. The van der Waals surface area contributed by atoms with Crippen molar-refractivity contribution in [2.75, 3.05) is 12.3 Å². The molecule has 3 amide bonds. The highest BCUT2D eigenvalue weighted by atomic mass is 32.2. The Morgan fingerprint density at radius 2 is 1.52 bits per heavy atom. The Balaban J connectivity index is 1.09. The fourth-order valence-corrected chi connectivity index (χ4v) is 7.19. The van der Waals surface area contributed by atoms with Crippen molar-refractivity contribution in [1.82, 2.24) is 35.5 Å². The van der Waals surface area contributed by atoms with Gasteiger partial charge in [-0.25, -0.2) is 19.8 Å². The number of carboxylic acid groups (broad SMARTS) is 2. The summed E-state index contributed by atoms with van der Waals surface area (Å²) in [7, 11) is 0. The van der Waals surface area contributed by atoms with Crippen molar-refractivity contribution in [1.29, 1.82) is 0 Å². The molecule has 0 spiro atoms. The third-order valence-electron chi connectivity index (χ3n) is 8.44. The molecule has 3 aliphatic rings. The van der Waals surface area contributed by atoms with Crippen molar-refractivity contribution in [3.8, 4) is 0 Å². The van der Waals surface area contributed by atoms with Crippen LogP contribution in [0, 0.1) is 0 Å². The van der Waals surface area contributed by atoms with E-state index in [0.717, 1.165) is 38.3 Å². The third kappa shape index (κ3) is 5.20. The van der Waals surface area contributed by atoms with Gasteiger partial charge in [-0.2, -0.15) is 0 Å². The topological polar surface area (TPSA) is 189 Å². The van der Waals surface area contributed by atoms with Gasteiger partial charge in [-0.05, 0) is 27.1 Å². The Labute approximate surface area is 276 Å². The van der Waals surface area contributed by atoms with Crippen LogP contribution in [-0.2, 0) is 36.1 Å². The van der Waals surface area contributed by atoms with E-state index in [-0.39, 0.29) is 35.5 Å². The molecule has 0 unspecified atom stereocenters. The number of aliphatic carboxylic acids is 1. The highest BCUT2D eigenvalue weighted by Crippen LogP contribution is 2.44. The maximum Gasteiger partial charge on any atom is 0.408 e. The number of thioether (sulfide) groups is 1. The summed E-state index contributed by atoms with van der Waals surface area (Å²) in [4.78, 5) is 58.4. The SMILES string of the molecule is O=C(Cn1nnnc1SCC1=C(C(=O)O)N2C(=O)[C@@H]3[C@H]2[C@@H](CN3C(=O)O)O1)NOC(c1ccccc1)(c1ccccc1)c1ccccc1. The van der Waals surface area contributed by atoms with E-state index in [4.69, 9.17) is 9.57 Å². The van der Waals surface area contributed by atoms with Gasteiger partial charge in [-0.15, -0.1) is 5.10 Å². The van der Waals surface area contributed by atoms with E-state index in [9.17, 15) is 29.4 Å². The van der Waals surface area contributed by atoms with Crippen LogP contribution in [0.4, 0.5) is 4.79 Å². The summed E-state index contributed by atoms with van der Waals surface area (Å²) in [6, 6.07) is 26.8. The summed E-state index contributed by atoms with van der Waals surface area (Å²) in [5.41, 5.74) is 3.35. The molecule has 3 aliphatic heterocycles. The molecular formula is C32H27N7O8S. The van der Waals surface area contributed by atoms with Crippen LogP contribution in [0.15, 0.2) is 108 Å². The molecule has 0 saturated carbocycles. The summed E-state index contributed by atoms with van der Waals surface area (Å²) < 4.78 is 7.16. The molecule has 15 nitrogen and oxygen atoms in total. The summed E-state index contributed by atoms with van der Waals surface area (Å²) in [5, 5.41) is 31.2. The normalized spacial score (nSPS) is 19.8. The van der Waals surface area contributed by atoms with Crippen LogP contribution in [0.3, 0.4) is 0 Å². The second-order valence-electron chi connectivity index (χ2n) is 11.1. The molecular weight excluding hydrogens is 642 g/mol. The first kappa shape index (κ1) is 30.9. The molecule has 4 aromatic rings. The molecule has 3 atom stereocenters. The van der Waals surface area contributed by atoms with Crippen molar-refractivity contribution in [2.45, 2.75) is 35.5 Å². The smallest absolute Gasteiger partial charge is 0.408 e. The van der Waals surface area contributed by atoms with E-state index < -0.39 is 47.7 Å². The number of carbonyl (C=O) groups excluding carboxylic acids is 2. The largest absolute Gasteiger partial charge is 0.487 e. The average molecular weight is 670 g/mol. The number of likely N-dealkylation sites (tertiary alicyclic amines) is 1. The van der Waals surface area contributed by atoms with E-state index in [1.165, 1.54) is 4.68 Å². The van der Waals surface area contributed by atoms with Gasteiger partial charge in [0, 0.05) is 0 Å². The lowest BCUT2D eigenvalue weighted by Crippen LogP contribution is -2.70. The maximum atomic E-state index is 13.4. The number of nitrogens with zero attached hydrogens (tertiary/aromatic N) is 6. The molecule has 244 valence electrons. The molecule has 0 radical (unpaired) electrons. The quantitative estimate of drug-likeness (QED) is 0.0914. The lowest BCUT2D eigenvalue weighted by molar-refractivity contribution is -0.160. The van der Waals surface area contributed by atoms with Crippen molar-refractivity contribution < 1.29 is 39.0 Å². The molecule has 1 aromatic heterocycles. The van der Waals surface area contributed by atoms with Gasteiger partial charge in [0.15, 0.2) is 11.3 Å². The Hall–Kier alpha value is -5.74. The third-order valence-corrected chi connectivity index (χ3v) is 9.39. The first-order chi connectivity index (χ1) is 23.3. The van der Waals surface area contributed by atoms with Gasteiger partial charge in [0.1, 0.15) is 30.5 Å². The predicted octanol–water partition coefficient (Wildman–Crippen LogP) is 2.07. The second kappa shape index (κ2) is 12.5. The van der Waals surface area contributed by atoms with Gasteiger partial charge >= 0.3 is 12.1 Å². The highest BCUT2D eigenvalue weighted by Gasteiger charge is 2.65. The first-order valence-electron chi connectivity index (χ1n) is 14.8. The van der Waals surface area contributed by atoms with Gasteiger partial charge in [0.2, 0.25) is 5.16 Å². The summed E-state index contributed by atoms with van der Waals surface area (Å²) in [6.45, 7) is -0.428. The minimum atomic E-state index is -1.39. The number of ether oxygens (including phenoxy) is 1. The van der Waals surface area contributed by atoms with E-state index in [2.05, 4.69) is 21.0 Å². The number of tetrazole rings is 1. The zero-order valence-electron chi connectivity index (χ0n) is 24.9. The van der Waals surface area contributed by atoms with E-state index >= 15 is 0 Å². The van der Waals surface area contributed by atoms with Crippen molar-refractivity contribution in [2.24, 2.45) is 0 Å². The number of amides is 3. The van der Waals surface area contributed by atoms with Gasteiger partial charge in [0.05, 0.1) is 12.3 Å². The summed E-state index contributed by atoms with van der Waals surface area (Å²) in [5.74, 6) is -2.72. The van der Waals surface area contributed by atoms with Crippen LogP contribution in [0.25, 0.3) is 0 Å². The number of hydrogen-bond donors (Lipinski definition) is 3. The molecule has 0 bridgehead atoms. The molecule has 3 N–H and O–H groups in total. The first-order valence-corrected chi connectivity index (χ1v) is 15.8. The molecule has 2 fully saturated rings. The molecule has 16 heteroatoms. The monoisotopic (exact) mass is 669 g/mol. The second-order valence-corrected chi connectivity index (χ2v) is 12.1. The zero-order valence-corrected chi connectivity index (χ0v) is 25.8. The molecule has 48 heavy (non-hydrogen) atoms. The Bertz CT molecular complexity index is 1810. The Kier molecular flexibility index (Phi) is 8.02. The Morgan fingerprint density at radius 1 is 0.938 bits per heavy atom. The number of hydroxylamine groups is 1. The lowest BCUT2D eigenvalue weighted by Gasteiger charge is -2.48. The Morgan fingerprint density at radius 3 is 2.06 bits per heavy atom. The van der Waals surface area contributed by atoms with Crippen LogP contribution in [0.1, 0.15) is 16.7 Å². The van der Waals surface area contributed by atoms with E-state index in [0.29, 0.717) is 0 Å². The maximum absolute atomic E-state index is 13.4. The van der Waals surface area contributed by atoms with Gasteiger partial charge in [-0.1, -0.05) is 103 Å². The van der Waals surface area contributed by atoms with Crippen molar-refractivity contribution in [3.05, 3.63) is 119 Å². The fourth-order valence-electron chi connectivity index (χ4n) is 6.38. The lowest BCUT2D eigenvalue weighted by atomic mass is 9.80. The van der Waals surface area contributed by atoms with Crippen LogP contribution in [0.5, 0.6) is 0 Å². The predicted molar refractivity (Wildman–Crippen MR) is 166 cm³/mol. The molecule has 4 heterocycles. The number of rotatable bonds is 11. The number of aromatic nitrogens is 4. The van der Waals surface area contributed by atoms with Crippen LogP contribution < -0.4 is 5.48 Å². The summed E-state index contributed by atoms with van der Waals surface area (Å²) >= 11 is 0.991. The molecule has 2 saturated heterocycles. The van der Waals surface area contributed by atoms with Crippen molar-refractivity contribution >= 4 is 35.6 Å². The zero-order chi connectivity index (χ0) is 33.4. The minimum Gasteiger partial charge on any atom is -0.487 e. The van der Waals surface area contributed by atoms with E-state index in [1.807, 2.05) is 91.0 Å². The summed E-state index contributed by atoms with van der Waals surface area (Å²) in [6.07, 6.45) is -2.01. The van der Waals surface area contributed by atoms with Crippen LogP contribution >= 0.6 is 11.8 Å². The standard InChI is InChI=1S/C32H27N7O8S/c40-24(34-47-32(19-10-4-1-5-11-19,20-12-6-2-7-13-20)21-14-8-3-9-15-21)17-38-30(33-35-36-38)48-18-23-26(29(42)43)39-25-22(46-23)16-37(31(44)45)27(25)28(39)41/h1-15,22,25,27H,16-18H2,(H,34,40)(H,42,43)(H,44,45)/t22-,25-,27+/m1/s1. The highest BCUT2D eigenvalue weighted by molar-refractivity contribution is 7.99. The van der Waals surface area contributed by atoms with Gasteiger partial charge in [0.25, 0.3) is 11.8 Å². The average Bonchev–Trinajstić information content (AvgIpc) is 3.71. The van der Waals surface area contributed by atoms with Crippen LogP contribution in [-0.4, -0.2) is 94.6 Å². The number of hydrogen-bond acceptors (Lipinski definition) is 10. The van der Waals surface area contributed by atoms with E-state index in [1.54, 1.807) is 0 Å². The number of carboxylic acids is 1. The molecule has 3 aromatic carbocycles. The number of β-lactam (4-membered cyclic amide) rings is 1. The molecule has 0 aliphatic carbocycles. The minimum absolute atomic E-state index is 0.0338. The number of nitrogens with one attached hydrogen (secondary N) is 1. The van der Waals surface area contributed by atoms with Gasteiger partial charge < -0.3 is 14.9 Å². The van der Waals surface area contributed by atoms with Crippen molar-refractivity contribution in [3.63, 3.8) is 0 Å². The molecule has 7 rings (SSSR count). The number of carbonyl (C=O) groups is 4.